The maximum Gasteiger partial charge on any atom is 0.472 e. The molecule has 5 atom stereocenters. The molecule has 0 aromatic rings. The predicted molar refractivity (Wildman–Crippen MR) is 444 cm³/mol. The Balaban J connectivity index is 4.74. The molecule has 0 aliphatic carbocycles. The molecule has 18 heteroatoms. The zero-order valence-corrected chi connectivity index (χ0v) is 68.0. The first kappa shape index (κ1) is 101. The summed E-state index contributed by atoms with van der Waals surface area (Å²) >= 11 is 0. The van der Waals surface area contributed by atoms with Crippen LogP contribution < -0.4 is 0 Å². The van der Waals surface area contributed by atoms with Crippen molar-refractivity contribution in [3.63, 3.8) is 0 Å². The van der Waals surface area contributed by atoms with E-state index in [-0.39, 0.29) is 19.3 Å². The highest BCUT2D eigenvalue weighted by Crippen LogP contribution is 2.45. The van der Waals surface area contributed by atoms with Gasteiger partial charge in [-0.15, -0.1) is 0 Å². The molecule has 0 aliphatic heterocycles. The minimum Gasteiger partial charge on any atom is -0.463 e. The summed E-state index contributed by atoms with van der Waals surface area (Å²) in [5.41, 5.74) is 0. The van der Waals surface area contributed by atoms with Crippen molar-refractivity contribution in [1.82, 2.24) is 0 Å². The normalized spacial score (nSPS) is 14.9. The Labute approximate surface area is 648 Å². The molecule has 107 heavy (non-hydrogen) atoms. The fraction of sp³-hybridized carbons (Fsp3) is 0.607. The summed E-state index contributed by atoms with van der Waals surface area (Å²) in [5, 5.41) is 20.7. The Morgan fingerprint density at radius 2 is 0.495 bits per heavy atom. The quantitative estimate of drug-likeness (QED) is 0.0146. The van der Waals surface area contributed by atoms with Gasteiger partial charge in [0.15, 0.2) is 6.10 Å². The van der Waals surface area contributed by atoms with E-state index < -0.39 is 91.5 Å². The highest BCUT2D eigenvalue weighted by Gasteiger charge is 2.29. The van der Waals surface area contributed by atoms with Crippen LogP contribution in [0.15, 0.2) is 194 Å². The molecule has 0 aliphatic rings. The number of hydrogen-bond donors (Lipinski definition) is 4. The van der Waals surface area contributed by atoms with Gasteiger partial charge < -0.3 is 34.2 Å². The Morgan fingerprint density at radius 3 is 0.785 bits per heavy atom. The third kappa shape index (κ3) is 81.2. The largest absolute Gasteiger partial charge is 0.472 e. The van der Waals surface area contributed by atoms with Crippen LogP contribution in [-0.2, 0) is 55.8 Å². The smallest absolute Gasteiger partial charge is 0.463 e. The molecule has 0 saturated carbocycles. The first-order valence-electron chi connectivity index (χ1n) is 40.7. The highest BCUT2D eigenvalue weighted by molar-refractivity contribution is 7.47. The van der Waals surface area contributed by atoms with Gasteiger partial charge in [-0.3, -0.25) is 32.5 Å². The van der Waals surface area contributed by atoms with Crippen LogP contribution in [0.1, 0.15) is 290 Å². The summed E-state index contributed by atoms with van der Waals surface area (Å²) in [4.78, 5) is 58.8. The number of ether oxygens (including phenoxy) is 3. The molecule has 0 radical (unpaired) electrons. The summed E-state index contributed by atoms with van der Waals surface area (Å²) in [5.74, 6) is -1.64. The van der Waals surface area contributed by atoms with Gasteiger partial charge in [0.05, 0.1) is 26.4 Å². The minimum atomic E-state index is -4.96. The molecule has 0 amide bonds. The molecule has 0 fully saturated rings. The van der Waals surface area contributed by atoms with Crippen molar-refractivity contribution >= 4 is 33.6 Å². The second-order valence-electron chi connectivity index (χ2n) is 26.5. The summed E-state index contributed by atoms with van der Waals surface area (Å²) in [7, 11) is -9.83. The average Bonchev–Trinajstić information content (AvgIpc) is 0.903. The lowest BCUT2D eigenvalue weighted by Crippen LogP contribution is -2.30. The summed E-state index contributed by atoms with van der Waals surface area (Å²) < 4.78 is 61.2. The molecule has 606 valence electrons. The van der Waals surface area contributed by atoms with Crippen molar-refractivity contribution in [3.05, 3.63) is 194 Å². The van der Waals surface area contributed by atoms with Gasteiger partial charge >= 0.3 is 33.6 Å². The van der Waals surface area contributed by atoms with Gasteiger partial charge in [0.1, 0.15) is 25.4 Å². The fourth-order valence-electron chi connectivity index (χ4n) is 10.1. The van der Waals surface area contributed by atoms with Crippen LogP contribution in [0.4, 0.5) is 0 Å². The van der Waals surface area contributed by atoms with E-state index in [4.69, 9.17) is 32.3 Å². The molecular weight excluding hydrogens is 1390 g/mol. The number of esters is 3. The van der Waals surface area contributed by atoms with Crippen LogP contribution in [-0.4, -0.2) is 95.9 Å². The van der Waals surface area contributed by atoms with E-state index in [1.807, 2.05) is 0 Å². The Hall–Kier alpha value is -5.61. The van der Waals surface area contributed by atoms with Gasteiger partial charge in [0, 0.05) is 19.3 Å². The Kier molecular flexibility index (Phi) is 75.7. The zero-order valence-electron chi connectivity index (χ0n) is 66.2. The number of phosphoric ester groups is 2. The van der Waals surface area contributed by atoms with Crippen LogP contribution in [0, 0.1) is 0 Å². The van der Waals surface area contributed by atoms with Crippen LogP contribution in [0.5, 0.6) is 0 Å². The van der Waals surface area contributed by atoms with E-state index in [9.17, 15) is 43.5 Å². The number of unbranched alkanes of at least 4 members (excludes halogenated alkanes) is 20. The number of carbonyl (C=O) groups is 3. The molecule has 0 saturated heterocycles. The van der Waals surface area contributed by atoms with Crippen LogP contribution >= 0.6 is 15.6 Å². The van der Waals surface area contributed by atoms with Crippen LogP contribution in [0.25, 0.3) is 0 Å². The molecule has 16 nitrogen and oxygen atoms in total. The fourth-order valence-corrected chi connectivity index (χ4v) is 11.7. The minimum absolute atomic E-state index is 0.0693. The topological polar surface area (TPSA) is 231 Å². The van der Waals surface area contributed by atoms with Gasteiger partial charge in [-0.25, -0.2) is 9.13 Å². The Morgan fingerprint density at radius 1 is 0.271 bits per heavy atom. The summed E-state index contributed by atoms with van der Waals surface area (Å²) in [6, 6.07) is 0. The zero-order chi connectivity index (χ0) is 78.0. The van der Waals surface area contributed by atoms with Crippen molar-refractivity contribution in [3.8, 4) is 0 Å². The molecule has 0 rings (SSSR count). The van der Waals surface area contributed by atoms with Gasteiger partial charge in [-0.1, -0.05) is 299 Å². The van der Waals surface area contributed by atoms with E-state index in [1.54, 1.807) is 0 Å². The van der Waals surface area contributed by atoms with Gasteiger partial charge in [0.25, 0.3) is 0 Å². The molecular formula is C89H144O16P2. The molecule has 0 aromatic carbocycles. The number of aliphatic hydroxyl groups excluding tert-OH is 2. The van der Waals surface area contributed by atoms with E-state index in [0.717, 1.165) is 193 Å². The number of aliphatic hydroxyl groups is 2. The first-order chi connectivity index (χ1) is 52.2. The van der Waals surface area contributed by atoms with Gasteiger partial charge in [-0.2, -0.15) is 0 Å². The van der Waals surface area contributed by atoms with Crippen molar-refractivity contribution in [2.45, 2.75) is 309 Å². The molecule has 0 aromatic heterocycles. The van der Waals surface area contributed by atoms with Gasteiger partial charge in [-0.05, 0) is 167 Å². The molecule has 0 heterocycles. The van der Waals surface area contributed by atoms with Crippen molar-refractivity contribution < 1.29 is 75.8 Å². The lowest BCUT2D eigenvalue weighted by molar-refractivity contribution is -0.161. The maximum absolute atomic E-state index is 13.0. The molecule has 4 N–H and O–H groups in total. The lowest BCUT2D eigenvalue weighted by atomic mass is 10.1. The maximum atomic E-state index is 13.0. The molecule has 5 unspecified atom stereocenters. The summed E-state index contributed by atoms with van der Waals surface area (Å²) in [6.45, 7) is 2.35. The predicted octanol–water partition coefficient (Wildman–Crippen LogP) is 24.3. The lowest BCUT2D eigenvalue weighted by Gasteiger charge is -2.21. The van der Waals surface area contributed by atoms with Crippen molar-refractivity contribution in [2.24, 2.45) is 0 Å². The monoisotopic (exact) mass is 1530 g/mol. The van der Waals surface area contributed by atoms with E-state index in [0.29, 0.717) is 19.3 Å². The van der Waals surface area contributed by atoms with E-state index >= 15 is 0 Å². The second-order valence-corrected chi connectivity index (χ2v) is 29.4. The molecule has 0 spiro atoms. The number of hydrogen-bond acceptors (Lipinski definition) is 14. The number of allylic oxidation sites excluding steroid dienone is 32. The third-order valence-electron chi connectivity index (χ3n) is 16.3. The number of carbonyl (C=O) groups excluding carboxylic acids is 3. The van der Waals surface area contributed by atoms with E-state index in [1.165, 1.54) is 38.5 Å². The third-order valence-corrected chi connectivity index (χ3v) is 18.2. The highest BCUT2D eigenvalue weighted by atomic mass is 31.2. The van der Waals surface area contributed by atoms with Gasteiger partial charge in [0.2, 0.25) is 0 Å². The number of rotatable bonds is 75. The average molecular weight is 1530 g/mol. The molecule has 0 bridgehead atoms. The SMILES string of the molecule is CC/C=C\C/C=C\C/C=C\C/C=C\C/C=C\C/C=C\CCCCCCCCCCC(=O)OCC(O)COP(=O)(O)OCC(O)COP(=O)(O)OCC(COC(=O)CCCCCC/C=C\C/C=C\C/C=C\C/C=C\C/C=C\C/C=C\CC)OC(=O)CCCCCCC/C=C\C/C=C\C/C=C\C/C=C\CCCCC. The standard InChI is InChI=1S/C89H144O16P2/c1-4-7-10-13-16-19-22-25-28-31-34-37-39-40-41-42-44-47-48-51-54-57-60-63-66-69-72-75-87(92)99-78-84(90)79-101-106(95,96)102-80-85(91)81-103-107(97,98)104-83-86(105-89(94)77-74-71-68-65-62-59-56-53-50-45-36-33-30-27-24-21-18-15-12-9-6-3)82-100-88(93)76-73-70-67-64-61-58-55-52-49-46-43-38-35-32-29-26-23-20-17-14-11-8-5-2/h7-8,10-11,16-21,25-30,34-38,40-41,44-47,49,53,55-56,58,84-86,90-91H,4-6,9,12-15,22-24,31-33,39,42-43,48,50-52,54,57,59-83H2,1-3H3,(H,95,96)(H,97,98)/b10-7-,11-8-,19-16-,20-17-,21-18-,28-25-,29-26-,30-27-,37-34-,38-35-,41-40-,45-36-,47-44-,49-46-,56-53-,58-55-. The van der Waals surface area contributed by atoms with Crippen LogP contribution in [0.2, 0.25) is 0 Å². The van der Waals surface area contributed by atoms with Crippen molar-refractivity contribution in [1.29, 1.82) is 0 Å². The van der Waals surface area contributed by atoms with E-state index in [2.05, 4.69) is 215 Å². The summed E-state index contributed by atoms with van der Waals surface area (Å²) in [6.07, 6.45) is 105. The van der Waals surface area contributed by atoms with Crippen molar-refractivity contribution in [2.75, 3.05) is 39.6 Å². The first-order valence-corrected chi connectivity index (χ1v) is 43.7. The Bertz CT molecular complexity index is 2720. The second kappa shape index (κ2) is 79.9. The number of phosphoric acid groups is 2. The van der Waals surface area contributed by atoms with Crippen LogP contribution in [0.3, 0.4) is 0 Å².